The van der Waals surface area contributed by atoms with Gasteiger partial charge in [-0.15, -0.1) is 0 Å². The number of carbonyl (C=O) groups is 1. The van der Waals surface area contributed by atoms with Crippen molar-refractivity contribution in [2.45, 2.75) is 19.6 Å². The van der Waals surface area contributed by atoms with Crippen LogP contribution in [0.25, 0.3) is 6.08 Å². The van der Waals surface area contributed by atoms with Gasteiger partial charge >= 0.3 is 0 Å². The summed E-state index contributed by atoms with van der Waals surface area (Å²) in [5.41, 5.74) is 2.18. The molecule has 5 heteroatoms. The molecule has 0 fully saturated rings. The molecular weight excluding hydrogens is 309 g/mol. The van der Waals surface area contributed by atoms with E-state index in [1.165, 1.54) is 18.2 Å². The van der Waals surface area contributed by atoms with Crippen molar-refractivity contribution in [1.29, 1.82) is 0 Å². The Kier molecular flexibility index (Phi) is 4.91. The molecule has 3 rings (SSSR count). The second kappa shape index (κ2) is 7.27. The molecular formula is C19H18FNO3. The lowest BCUT2D eigenvalue weighted by Crippen LogP contribution is -2.24. The molecule has 0 saturated heterocycles. The van der Waals surface area contributed by atoms with Crippen molar-refractivity contribution in [2.75, 3.05) is 6.79 Å². The van der Waals surface area contributed by atoms with Crippen molar-refractivity contribution >= 4 is 12.0 Å². The van der Waals surface area contributed by atoms with Crippen LogP contribution in [0.1, 0.15) is 29.7 Å². The van der Waals surface area contributed by atoms with E-state index >= 15 is 0 Å². The fraction of sp³-hybridized carbons (Fsp3) is 0.211. The van der Waals surface area contributed by atoms with Gasteiger partial charge in [0.1, 0.15) is 11.6 Å². The standard InChI is InChI=1S/C19H18FNO3/c1-13(14-5-3-2-4-6-14)21-18(22)8-7-15-9-17(20)10-16-11-23-12-24-19(15)16/h2-10,13H,11-12H2,1H3,(H,21,22). The van der Waals surface area contributed by atoms with Gasteiger partial charge in [0.2, 0.25) is 5.91 Å². The van der Waals surface area contributed by atoms with E-state index in [0.29, 0.717) is 23.5 Å². The summed E-state index contributed by atoms with van der Waals surface area (Å²) >= 11 is 0. The Morgan fingerprint density at radius 1 is 1.29 bits per heavy atom. The molecule has 1 aliphatic rings. The first-order chi connectivity index (χ1) is 11.6. The van der Waals surface area contributed by atoms with Gasteiger partial charge in [-0.1, -0.05) is 30.3 Å². The molecule has 1 heterocycles. The number of nitrogens with one attached hydrogen (secondary N) is 1. The molecule has 124 valence electrons. The van der Waals surface area contributed by atoms with Gasteiger partial charge in [-0.25, -0.2) is 4.39 Å². The predicted octanol–water partition coefficient (Wildman–Crippen LogP) is 3.58. The number of halogens is 1. The molecule has 0 saturated carbocycles. The summed E-state index contributed by atoms with van der Waals surface area (Å²) in [7, 11) is 0. The van der Waals surface area contributed by atoms with Crippen LogP contribution < -0.4 is 10.1 Å². The summed E-state index contributed by atoms with van der Waals surface area (Å²) in [6.45, 7) is 2.33. The minimum atomic E-state index is -0.388. The van der Waals surface area contributed by atoms with E-state index in [0.717, 1.165) is 5.56 Å². The van der Waals surface area contributed by atoms with E-state index in [2.05, 4.69) is 5.32 Å². The van der Waals surface area contributed by atoms with Crippen LogP contribution >= 0.6 is 0 Å². The molecule has 1 aliphatic heterocycles. The van der Waals surface area contributed by atoms with E-state index < -0.39 is 0 Å². The Labute approximate surface area is 139 Å². The first kappa shape index (κ1) is 16.2. The van der Waals surface area contributed by atoms with Crippen LogP contribution in [0.4, 0.5) is 4.39 Å². The van der Waals surface area contributed by atoms with Gasteiger partial charge in [0, 0.05) is 17.2 Å². The number of hydrogen-bond donors (Lipinski definition) is 1. The van der Waals surface area contributed by atoms with Crippen molar-refractivity contribution in [1.82, 2.24) is 5.32 Å². The van der Waals surface area contributed by atoms with Crippen molar-refractivity contribution in [3.05, 3.63) is 71.0 Å². The van der Waals surface area contributed by atoms with Crippen LogP contribution in [-0.2, 0) is 16.1 Å². The zero-order valence-corrected chi connectivity index (χ0v) is 13.3. The van der Waals surface area contributed by atoms with Gasteiger partial charge in [-0.3, -0.25) is 4.79 Å². The SMILES string of the molecule is CC(NC(=O)C=Cc1cc(F)cc2c1OCOC2)c1ccccc1. The maximum atomic E-state index is 13.7. The first-order valence-electron chi connectivity index (χ1n) is 7.70. The van der Waals surface area contributed by atoms with Gasteiger partial charge in [-0.2, -0.15) is 0 Å². The Balaban J connectivity index is 1.72. The largest absolute Gasteiger partial charge is 0.467 e. The van der Waals surface area contributed by atoms with E-state index in [1.54, 1.807) is 6.08 Å². The Bertz CT molecular complexity index is 759. The number of carbonyl (C=O) groups excluding carboxylic acids is 1. The van der Waals surface area contributed by atoms with Gasteiger partial charge in [0.25, 0.3) is 0 Å². The zero-order chi connectivity index (χ0) is 16.9. The van der Waals surface area contributed by atoms with E-state index in [1.807, 2.05) is 37.3 Å². The fourth-order valence-corrected chi connectivity index (χ4v) is 2.58. The highest BCUT2D eigenvalue weighted by molar-refractivity contribution is 5.92. The number of benzene rings is 2. The fourth-order valence-electron chi connectivity index (χ4n) is 2.58. The maximum Gasteiger partial charge on any atom is 0.244 e. The molecule has 0 radical (unpaired) electrons. The highest BCUT2D eigenvalue weighted by Gasteiger charge is 2.16. The highest BCUT2D eigenvalue weighted by Crippen LogP contribution is 2.30. The topological polar surface area (TPSA) is 47.6 Å². The average Bonchev–Trinajstić information content (AvgIpc) is 2.60. The number of ether oxygens (including phenoxy) is 2. The second-order valence-electron chi connectivity index (χ2n) is 5.57. The number of hydrogen-bond acceptors (Lipinski definition) is 3. The molecule has 1 unspecified atom stereocenters. The third-order valence-corrected chi connectivity index (χ3v) is 3.78. The summed E-state index contributed by atoms with van der Waals surface area (Å²) in [5.74, 6) is -0.0835. The molecule has 2 aromatic rings. The normalized spacial score (nSPS) is 14.8. The highest BCUT2D eigenvalue weighted by atomic mass is 19.1. The molecule has 0 aliphatic carbocycles. The van der Waals surface area contributed by atoms with Crippen molar-refractivity contribution in [3.63, 3.8) is 0 Å². The summed E-state index contributed by atoms with van der Waals surface area (Å²) in [4.78, 5) is 12.1. The van der Waals surface area contributed by atoms with Crippen LogP contribution in [0.15, 0.2) is 48.5 Å². The second-order valence-corrected chi connectivity index (χ2v) is 5.57. The minimum Gasteiger partial charge on any atom is -0.467 e. The van der Waals surface area contributed by atoms with Gasteiger partial charge in [0.05, 0.1) is 12.6 Å². The number of rotatable bonds is 4. The van der Waals surface area contributed by atoms with Gasteiger partial charge in [0.15, 0.2) is 6.79 Å². The summed E-state index contributed by atoms with van der Waals surface area (Å²) in [6.07, 6.45) is 2.94. The lowest BCUT2D eigenvalue weighted by Gasteiger charge is -2.19. The third-order valence-electron chi connectivity index (χ3n) is 3.78. The summed E-state index contributed by atoms with van der Waals surface area (Å²) < 4.78 is 24.2. The van der Waals surface area contributed by atoms with E-state index in [4.69, 9.17) is 9.47 Å². The van der Waals surface area contributed by atoms with Crippen LogP contribution in [0, 0.1) is 5.82 Å². The molecule has 0 spiro atoms. The number of amides is 1. The Hall–Kier alpha value is -2.66. The van der Waals surface area contributed by atoms with Crippen molar-refractivity contribution in [2.24, 2.45) is 0 Å². The minimum absolute atomic E-state index is 0.116. The molecule has 1 amide bonds. The first-order valence-corrected chi connectivity index (χ1v) is 7.70. The average molecular weight is 327 g/mol. The summed E-state index contributed by atoms with van der Waals surface area (Å²) in [5, 5.41) is 2.88. The van der Waals surface area contributed by atoms with Crippen LogP contribution in [0.3, 0.4) is 0 Å². The lowest BCUT2D eigenvalue weighted by atomic mass is 10.1. The predicted molar refractivity (Wildman–Crippen MR) is 88.7 cm³/mol. The van der Waals surface area contributed by atoms with Gasteiger partial charge < -0.3 is 14.8 Å². The molecule has 2 aromatic carbocycles. The third kappa shape index (κ3) is 3.81. The van der Waals surface area contributed by atoms with E-state index in [-0.39, 0.29) is 24.6 Å². The van der Waals surface area contributed by atoms with Crippen LogP contribution in [0.5, 0.6) is 5.75 Å². The maximum absolute atomic E-state index is 13.7. The molecule has 1 N–H and O–H groups in total. The molecule has 0 aromatic heterocycles. The van der Waals surface area contributed by atoms with E-state index in [9.17, 15) is 9.18 Å². The number of fused-ring (bicyclic) bond motifs is 1. The monoisotopic (exact) mass is 327 g/mol. The Morgan fingerprint density at radius 3 is 2.88 bits per heavy atom. The van der Waals surface area contributed by atoms with Crippen molar-refractivity contribution < 1.29 is 18.7 Å². The molecule has 4 nitrogen and oxygen atoms in total. The lowest BCUT2D eigenvalue weighted by molar-refractivity contribution is -0.117. The van der Waals surface area contributed by atoms with Crippen molar-refractivity contribution in [3.8, 4) is 5.75 Å². The molecule has 24 heavy (non-hydrogen) atoms. The molecule has 1 atom stereocenters. The zero-order valence-electron chi connectivity index (χ0n) is 13.3. The smallest absolute Gasteiger partial charge is 0.244 e. The Morgan fingerprint density at radius 2 is 2.08 bits per heavy atom. The van der Waals surface area contributed by atoms with Crippen LogP contribution in [0.2, 0.25) is 0 Å². The molecule has 0 bridgehead atoms. The quantitative estimate of drug-likeness (QED) is 0.873. The van der Waals surface area contributed by atoms with Gasteiger partial charge in [-0.05, 0) is 30.7 Å². The van der Waals surface area contributed by atoms with Crippen LogP contribution in [-0.4, -0.2) is 12.7 Å². The summed E-state index contributed by atoms with van der Waals surface area (Å²) in [6, 6.07) is 12.3.